The zero-order chi connectivity index (χ0) is 12.3. The molecule has 0 amide bonds. The van der Waals surface area contributed by atoms with Crippen LogP contribution in [0.4, 0.5) is 0 Å². The maximum atomic E-state index is 6.26. The maximum absolute atomic E-state index is 6.26. The maximum Gasteiger partial charge on any atom is 0.173 e. The molecule has 2 rings (SSSR count). The molecule has 0 aliphatic carbocycles. The van der Waals surface area contributed by atoms with Gasteiger partial charge in [0.25, 0.3) is 0 Å². The molecule has 3 nitrogen and oxygen atoms in total. The lowest BCUT2D eigenvalue weighted by Crippen LogP contribution is -2.38. The third-order valence-corrected chi connectivity index (χ3v) is 3.84. The fraction of sp³-hybridized carbons (Fsp3) is 1.00. The minimum absolute atomic E-state index is 0.264. The number of ether oxygens (including phenoxy) is 3. The summed E-state index contributed by atoms with van der Waals surface area (Å²) in [4.78, 5) is 0. The van der Waals surface area contributed by atoms with Crippen molar-refractivity contribution in [3.8, 4) is 0 Å². The lowest BCUT2D eigenvalue weighted by Gasteiger charge is -2.32. The van der Waals surface area contributed by atoms with Crippen molar-refractivity contribution in [3.05, 3.63) is 0 Å². The van der Waals surface area contributed by atoms with Crippen LogP contribution in [-0.2, 0) is 14.2 Å². The summed E-state index contributed by atoms with van der Waals surface area (Å²) in [6, 6.07) is 0. The van der Waals surface area contributed by atoms with Crippen LogP contribution in [0.1, 0.15) is 52.9 Å². The molecule has 17 heavy (non-hydrogen) atoms. The molecule has 0 aromatic heterocycles. The van der Waals surface area contributed by atoms with Gasteiger partial charge in [0.1, 0.15) is 0 Å². The van der Waals surface area contributed by atoms with Gasteiger partial charge in [-0.15, -0.1) is 0 Å². The molecular formula is C14H26O3. The molecule has 2 saturated heterocycles. The van der Waals surface area contributed by atoms with Gasteiger partial charge in [-0.1, -0.05) is 33.6 Å². The fourth-order valence-corrected chi connectivity index (χ4v) is 2.81. The molecule has 0 N–H and O–H groups in total. The first-order valence-electron chi connectivity index (χ1n) is 7.10. The lowest BCUT2D eigenvalue weighted by molar-refractivity contribution is -0.219. The summed E-state index contributed by atoms with van der Waals surface area (Å²) in [5, 5.41) is 0. The highest BCUT2D eigenvalue weighted by molar-refractivity contribution is 4.89. The van der Waals surface area contributed by atoms with Crippen LogP contribution in [0.3, 0.4) is 0 Å². The molecule has 0 unspecified atom stereocenters. The minimum Gasteiger partial charge on any atom is -0.381 e. The van der Waals surface area contributed by atoms with Crippen LogP contribution in [0.15, 0.2) is 0 Å². The van der Waals surface area contributed by atoms with Gasteiger partial charge in [-0.05, 0) is 12.3 Å². The van der Waals surface area contributed by atoms with E-state index in [-0.39, 0.29) is 18.0 Å². The van der Waals surface area contributed by atoms with Crippen molar-refractivity contribution < 1.29 is 14.2 Å². The molecule has 0 radical (unpaired) electrons. The van der Waals surface area contributed by atoms with Gasteiger partial charge in [0.15, 0.2) is 5.79 Å². The average Bonchev–Trinajstić information content (AvgIpc) is 2.66. The molecule has 2 heterocycles. The molecule has 3 heteroatoms. The van der Waals surface area contributed by atoms with Crippen LogP contribution in [0, 0.1) is 5.92 Å². The molecule has 100 valence electrons. The smallest absolute Gasteiger partial charge is 0.173 e. The molecule has 0 aromatic carbocycles. The molecule has 2 fully saturated rings. The number of rotatable bonds is 4. The second kappa shape index (κ2) is 5.68. The Morgan fingerprint density at radius 1 is 1.18 bits per heavy atom. The summed E-state index contributed by atoms with van der Waals surface area (Å²) in [7, 11) is 0. The quantitative estimate of drug-likeness (QED) is 0.758. The molecule has 2 atom stereocenters. The Kier molecular flexibility index (Phi) is 4.45. The SMILES string of the molecule is CCCC[C@H]1OC2(CCOCC2)O[C@@H]1C(C)C. The second-order valence-electron chi connectivity index (χ2n) is 5.65. The lowest BCUT2D eigenvalue weighted by atomic mass is 9.98. The van der Waals surface area contributed by atoms with E-state index in [4.69, 9.17) is 14.2 Å². The van der Waals surface area contributed by atoms with E-state index in [1.807, 2.05) is 0 Å². The molecular weight excluding hydrogens is 216 g/mol. The first-order valence-corrected chi connectivity index (χ1v) is 7.10. The van der Waals surface area contributed by atoms with Gasteiger partial charge in [-0.2, -0.15) is 0 Å². The molecule has 0 aromatic rings. The summed E-state index contributed by atoms with van der Waals surface area (Å²) in [6.07, 6.45) is 5.90. The Morgan fingerprint density at radius 2 is 1.88 bits per heavy atom. The van der Waals surface area contributed by atoms with Crippen molar-refractivity contribution in [2.24, 2.45) is 5.92 Å². The second-order valence-corrected chi connectivity index (χ2v) is 5.65. The largest absolute Gasteiger partial charge is 0.381 e. The van der Waals surface area contributed by atoms with Gasteiger partial charge in [0.05, 0.1) is 25.4 Å². The summed E-state index contributed by atoms with van der Waals surface area (Å²) < 4.78 is 17.9. The normalized spacial score (nSPS) is 32.5. The molecule has 2 aliphatic heterocycles. The predicted molar refractivity (Wildman–Crippen MR) is 66.9 cm³/mol. The first-order chi connectivity index (χ1) is 8.17. The van der Waals surface area contributed by atoms with E-state index < -0.39 is 0 Å². The average molecular weight is 242 g/mol. The third-order valence-electron chi connectivity index (χ3n) is 3.84. The van der Waals surface area contributed by atoms with Gasteiger partial charge < -0.3 is 14.2 Å². The van der Waals surface area contributed by atoms with Crippen LogP contribution < -0.4 is 0 Å². The van der Waals surface area contributed by atoms with Crippen LogP contribution in [-0.4, -0.2) is 31.2 Å². The van der Waals surface area contributed by atoms with E-state index in [1.165, 1.54) is 12.8 Å². The van der Waals surface area contributed by atoms with Gasteiger partial charge >= 0.3 is 0 Å². The van der Waals surface area contributed by atoms with Crippen molar-refractivity contribution in [1.82, 2.24) is 0 Å². The molecule has 0 saturated carbocycles. The highest BCUT2D eigenvalue weighted by atomic mass is 16.8. The van der Waals surface area contributed by atoms with Crippen LogP contribution in [0.2, 0.25) is 0 Å². The van der Waals surface area contributed by atoms with E-state index in [0.29, 0.717) is 5.92 Å². The topological polar surface area (TPSA) is 27.7 Å². The zero-order valence-corrected chi connectivity index (χ0v) is 11.4. The number of hydrogen-bond acceptors (Lipinski definition) is 3. The molecule has 0 bridgehead atoms. The van der Waals surface area contributed by atoms with Gasteiger partial charge in [-0.25, -0.2) is 0 Å². The number of hydrogen-bond donors (Lipinski definition) is 0. The summed E-state index contributed by atoms with van der Waals surface area (Å²) >= 11 is 0. The zero-order valence-electron chi connectivity index (χ0n) is 11.4. The third kappa shape index (κ3) is 3.01. The Morgan fingerprint density at radius 3 is 2.47 bits per heavy atom. The standard InChI is InChI=1S/C14H26O3/c1-4-5-6-12-13(11(2)3)17-14(16-12)7-9-15-10-8-14/h11-13H,4-10H2,1-3H3/t12-,13-/m1/s1. The monoisotopic (exact) mass is 242 g/mol. The number of unbranched alkanes of at least 4 members (excludes halogenated alkanes) is 1. The fourth-order valence-electron chi connectivity index (χ4n) is 2.81. The predicted octanol–water partition coefficient (Wildman–Crippen LogP) is 3.12. The van der Waals surface area contributed by atoms with E-state index in [9.17, 15) is 0 Å². The molecule has 1 spiro atoms. The highest BCUT2D eigenvalue weighted by Gasteiger charge is 2.48. The Labute approximate surface area is 105 Å². The van der Waals surface area contributed by atoms with E-state index >= 15 is 0 Å². The van der Waals surface area contributed by atoms with Crippen molar-refractivity contribution in [2.75, 3.05) is 13.2 Å². The first kappa shape index (κ1) is 13.3. The summed E-state index contributed by atoms with van der Waals surface area (Å²) in [5.74, 6) is 0.199. The van der Waals surface area contributed by atoms with Crippen molar-refractivity contribution >= 4 is 0 Å². The summed E-state index contributed by atoms with van der Waals surface area (Å²) in [6.45, 7) is 8.22. The van der Waals surface area contributed by atoms with Crippen molar-refractivity contribution in [1.29, 1.82) is 0 Å². The van der Waals surface area contributed by atoms with Crippen molar-refractivity contribution in [2.45, 2.75) is 70.9 Å². The summed E-state index contributed by atoms with van der Waals surface area (Å²) in [5.41, 5.74) is 0. The van der Waals surface area contributed by atoms with Crippen LogP contribution >= 0.6 is 0 Å². The van der Waals surface area contributed by atoms with Gasteiger partial charge in [-0.3, -0.25) is 0 Å². The van der Waals surface area contributed by atoms with Crippen LogP contribution in [0.5, 0.6) is 0 Å². The van der Waals surface area contributed by atoms with Crippen LogP contribution in [0.25, 0.3) is 0 Å². The highest BCUT2D eigenvalue weighted by Crippen LogP contribution is 2.40. The van der Waals surface area contributed by atoms with E-state index in [2.05, 4.69) is 20.8 Å². The Balaban J connectivity index is 1.99. The van der Waals surface area contributed by atoms with Crippen molar-refractivity contribution in [3.63, 3.8) is 0 Å². The van der Waals surface area contributed by atoms with Gasteiger partial charge in [0, 0.05) is 12.8 Å². The Bertz CT molecular complexity index is 234. The van der Waals surface area contributed by atoms with E-state index in [0.717, 1.165) is 32.5 Å². The van der Waals surface area contributed by atoms with E-state index in [1.54, 1.807) is 0 Å². The minimum atomic E-state index is -0.328. The molecule has 2 aliphatic rings. The van der Waals surface area contributed by atoms with Gasteiger partial charge in [0.2, 0.25) is 0 Å². The Hall–Kier alpha value is -0.120.